The Balaban J connectivity index is 1.54. The van der Waals surface area contributed by atoms with Gasteiger partial charge in [0.05, 0.1) is 21.7 Å². The van der Waals surface area contributed by atoms with Crippen molar-refractivity contribution in [3.63, 3.8) is 0 Å². The standard InChI is InChI=1S/C23H30N2O4S2/c1-3-19-7-9-21(10-8-19)31(28,29)23-17-30(26,27)16-22(23)25-13-11-24(12-14-25)20-6-4-5-18(2)15-20/h4-10,15,22-23H,3,11-14,16-17H2,1-2H3/t22-,23-/m0/s1. The number of hydrogen-bond donors (Lipinski definition) is 0. The van der Waals surface area contributed by atoms with Gasteiger partial charge in [-0.2, -0.15) is 0 Å². The maximum Gasteiger partial charge on any atom is 0.183 e. The first-order valence-electron chi connectivity index (χ1n) is 10.8. The van der Waals surface area contributed by atoms with Crippen LogP contribution in [-0.2, 0) is 26.1 Å². The maximum atomic E-state index is 13.4. The topological polar surface area (TPSA) is 74.8 Å². The highest BCUT2D eigenvalue weighted by Crippen LogP contribution is 2.30. The van der Waals surface area contributed by atoms with Crippen LogP contribution < -0.4 is 4.90 Å². The summed E-state index contributed by atoms with van der Waals surface area (Å²) < 4.78 is 51.8. The second kappa shape index (κ2) is 8.56. The van der Waals surface area contributed by atoms with Gasteiger partial charge in [0.2, 0.25) is 0 Å². The van der Waals surface area contributed by atoms with Crippen molar-refractivity contribution in [1.82, 2.24) is 4.90 Å². The molecule has 0 bridgehead atoms. The molecular formula is C23H30N2O4S2. The van der Waals surface area contributed by atoms with Gasteiger partial charge in [-0.3, -0.25) is 4.90 Å². The quantitative estimate of drug-likeness (QED) is 0.679. The van der Waals surface area contributed by atoms with Crippen LogP contribution in [-0.4, -0.2) is 70.7 Å². The zero-order valence-electron chi connectivity index (χ0n) is 18.1. The molecule has 168 valence electrons. The number of hydrogen-bond acceptors (Lipinski definition) is 6. The Morgan fingerprint density at radius 3 is 2.26 bits per heavy atom. The van der Waals surface area contributed by atoms with Crippen molar-refractivity contribution in [2.75, 3.05) is 42.6 Å². The summed E-state index contributed by atoms with van der Waals surface area (Å²) in [6.45, 7) is 6.87. The molecule has 2 saturated heterocycles. The Morgan fingerprint density at radius 2 is 1.65 bits per heavy atom. The number of anilines is 1. The number of sulfone groups is 2. The predicted molar refractivity (Wildman–Crippen MR) is 124 cm³/mol. The molecule has 0 saturated carbocycles. The van der Waals surface area contributed by atoms with Crippen molar-refractivity contribution >= 4 is 25.4 Å². The lowest BCUT2D eigenvalue weighted by molar-refractivity contribution is 0.201. The van der Waals surface area contributed by atoms with Gasteiger partial charge in [-0.25, -0.2) is 16.8 Å². The Hall–Kier alpha value is -1.90. The molecule has 2 fully saturated rings. The van der Waals surface area contributed by atoms with Gasteiger partial charge in [-0.1, -0.05) is 31.2 Å². The van der Waals surface area contributed by atoms with Crippen molar-refractivity contribution < 1.29 is 16.8 Å². The first-order chi connectivity index (χ1) is 14.7. The van der Waals surface area contributed by atoms with Crippen LogP contribution in [0.3, 0.4) is 0 Å². The van der Waals surface area contributed by atoms with Crippen LogP contribution in [0.5, 0.6) is 0 Å². The maximum absolute atomic E-state index is 13.4. The molecule has 2 aliphatic heterocycles. The van der Waals surface area contributed by atoms with E-state index < -0.39 is 31.0 Å². The van der Waals surface area contributed by atoms with Crippen LogP contribution in [0, 0.1) is 6.92 Å². The van der Waals surface area contributed by atoms with Crippen molar-refractivity contribution in [1.29, 1.82) is 0 Å². The largest absolute Gasteiger partial charge is 0.369 e. The van der Waals surface area contributed by atoms with E-state index in [-0.39, 0.29) is 16.4 Å². The summed E-state index contributed by atoms with van der Waals surface area (Å²) in [5.41, 5.74) is 3.41. The van der Waals surface area contributed by atoms with E-state index in [4.69, 9.17) is 0 Å². The number of nitrogens with zero attached hydrogens (tertiary/aromatic N) is 2. The number of benzene rings is 2. The van der Waals surface area contributed by atoms with E-state index in [0.29, 0.717) is 13.1 Å². The third-order valence-electron chi connectivity index (χ3n) is 6.48. The van der Waals surface area contributed by atoms with Gasteiger partial charge in [0.25, 0.3) is 0 Å². The lowest BCUT2D eigenvalue weighted by Crippen LogP contribution is -2.55. The molecule has 8 heteroatoms. The summed E-state index contributed by atoms with van der Waals surface area (Å²) in [6.07, 6.45) is 0.825. The molecule has 6 nitrogen and oxygen atoms in total. The second-order valence-corrected chi connectivity index (χ2v) is 12.9. The molecule has 0 N–H and O–H groups in total. The molecule has 2 aromatic carbocycles. The molecule has 31 heavy (non-hydrogen) atoms. The normalized spacial score (nSPS) is 24.4. The van der Waals surface area contributed by atoms with Crippen LogP contribution in [0.4, 0.5) is 5.69 Å². The average Bonchev–Trinajstić information content (AvgIpc) is 3.10. The third-order valence-corrected chi connectivity index (χ3v) is 10.6. The van der Waals surface area contributed by atoms with Crippen molar-refractivity contribution in [3.05, 3.63) is 59.7 Å². The molecule has 2 aromatic rings. The first-order valence-corrected chi connectivity index (χ1v) is 14.2. The molecule has 4 rings (SSSR count). The fourth-order valence-electron chi connectivity index (χ4n) is 4.66. The third kappa shape index (κ3) is 4.66. The van der Waals surface area contributed by atoms with Crippen LogP contribution in [0.1, 0.15) is 18.1 Å². The van der Waals surface area contributed by atoms with Gasteiger partial charge < -0.3 is 4.90 Å². The van der Waals surface area contributed by atoms with Crippen LogP contribution in [0.25, 0.3) is 0 Å². The van der Waals surface area contributed by atoms with Gasteiger partial charge in [0.1, 0.15) is 0 Å². The van der Waals surface area contributed by atoms with Crippen molar-refractivity contribution in [2.45, 2.75) is 36.5 Å². The average molecular weight is 463 g/mol. The Bertz CT molecular complexity index is 1140. The Labute approximate surface area is 185 Å². The second-order valence-electron chi connectivity index (χ2n) is 8.59. The van der Waals surface area contributed by atoms with E-state index in [1.54, 1.807) is 12.1 Å². The van der Waals surface area contributed by atoms with Gasteiger partial charge in [-0.15, -0.1) is 0 Å². The molecule has 2 atom stereocenters. The van der Waals surface area contributed by atoms with Gasteiger partial charge in [-0.05, 0) is 48.7 Å². The van der Waals surface area contributed by atoms with E-state index in [9.17, 15) is 16.8 Å². The summed E-state index contributed by atoms with van der Waals surface area (Å²) in [5, 5.41) is -0.921. The van der Waals surface area contributed by atoms with Gasteiger partial charge >= 0.3 is 0 Å². The van der Waals surface area contributed by atoms with E-state index in [0.717, 1.165) is 30.8 Å². The van der Waals surface area contributed by atoms with Gasteiger partial charge in [0.15, 0.2) is 19.7 Å². The molecule has 0 unspecified atom stereocenters. The SMILES string of the molecule is CCc1ccc(S(=O)(=O)[C@H]2CS(=O)(=O)C[C@@H]2N2CCN(c3cccc(C)c3)CC2)cc1. The monoisotopic (exact) mass is 462 g/mol. The Morgan fingerprint density at radius 1 is 0.968 bits per heavy atom. The lowest BCUT2D eigenvalue weighted by atomic mass is 10.1. The Kier molecular flexibility index (Phi) is 6.16. The van der Waals surface area contributed by atoms with E-state index in [1.165, 1.54) is 5.56 Å². The fourth-order valence-corrected chi connectivity index (χ4v) is 9.49. The smallest absolute Gasteiger partial charge is 0.183 e. The minimum atomic E-state index is -3.74. The minimum Gasteiger partial charge on any atom is -0.369 e. The van der Waals surface area contributed by atoms with E-state index in [1.807, 2.05) is 25.1 Å². The van der Waals surface area contributed by atoms with Crippen LogP contribution in [0.15, 0.2) is 53.4 Å². The molecule has 0 spiro atoms. The number of aryl methyl sites for hydroxylation is 2. The predicted octanol–water partition coefficient (Wildman–Crippen LogP) is 2.32. The molecular weight excluding hydrogens is 432 g/mol. The summed E-state index contributed by atoms with van der Waals surface area (Å²) in [6, 6.07) is 14.7. The molecule has 2 heterocycles. The fraction of sp³-hybridized carbons (Fsp3) is 0.478. The zero-order valence-corrected chi connectivity index (χ0v) is 19.7. The van der Waals surface area contributed by atoms with Crippen LogP contribution in [0.2, 0.25) is 0 Å². The summed E-state index contributed by atoms with van der Waals surface area (Å²) in [5.74, 6) is -0.387. The summed E-state index contributed by atoms with van der Waals surface area (Å²) >= 11 is 0. The minimum absolute atomic E-state index is 0.0889. The first kappa shape index (κ1) is 22.3. The highest BCUT2D eigenvalue weighted by molar-refractivity contribution is 7.96. The molecule has 0 aromatic heterocycles. The zero-order chi connectivity index (χ0) is 22.2. The molecule has 0 amide bonds. The summed E-state index contributed by atoms with van der Waals surface area (Å²) in [7, 11) is -7.14. The van der Waals surface area contributed by atoms with E-state index >= 15 is 0 Å². The lowest BCUT2D eigenvalue weighted by Gasteiger charge is -2.40. The highest BCUT2D eigenvalue weighted by Gasteiger charge is 2.48. The number of piperazine rings is 1. The van der Waals surface area contributed by atoms with E-state index in [2.05, 4.69) is 34.9 Å². The van der Waals surface area contributed by atoms with Crippen LogP contribution >= 0.6 is 0 Å². The highest BCUT2D eigenvalue weighted by atomic mass is 32.2. The summed E-state index contributed by atoms with van der Waals surface area (Å²) in [4.78, 5) is 4.56. The molecule has 2 aliphatic rings. The van der Waals surface area contributed by atoms with Gasteiger partial charge in [0, 0.05) is 37.9 Å². The molecule has 0 aliphatic carbocycles. The van der Waals surface area contributed by atoms with Crippen molar-refractivity contribution in [3.8, 4) is 0 Å². The van der Waals surface area contributed by atoms with Crippen molar-refractivity contribution in [2.24, 2.45) is 0 Å². The molecule has 0 radical (unpaired) electrons. The number of rotatable bonds is 5.